The summed E-state index contributed by atoms with van der Waals surface area (Å²) in [4.78, 5) is 77.5. The van der Waals surface area contributed by atoms with E-state index >= 15 is 0 Å². The number of aliphatic hydroxyl groups is 29. The Morgan fingerprint density at radius 1 is 0.186 bits per heavy atom. The number of carbonyl (C=O) groups excluding carboxylic acids is 6. The summed E-state index contributed by atoms with van der Waals surface area (Å²) in [6.07, 6.45) is -105. The van der Waals surface area contributed by atoms with Gasteiger partial charge in [0.1, 0.15) is 268 Å². The highest BCUT2D eigenvalue weighted by Crippen LogP contribution is 2.42. The first kappa shape index (κ1) is 115. The largest absolute Gasteiger partial charge is 0.394 e. The van der Waals surface area contributed by atoms with Gasteiger partial charge in [0.25, 0.3) is 0 Å². The Balaban J connectivity index is 0.969. The summed E-state index contributed by atoms with van der Waals surface area (Å²) in [5, 5.41) is 342. The fourth-order valence-electron chi connectivity index (χ4n) is 18.1. The van der Waals surface area contributed by atoms with Crippen LogP contribution in [0.5, 0.6) is 0 Å². The number of hydrogen-bond acceptors (Lipinski definition) is 56. The molecule has 140 heavy (non-hydrogen) atoms. The SMILES string of the molecule is CC(=O)N[C@@H]1[C@@H](O)[C@H](O[C@@H]2O[C@H](CO)[C@@H](O[C@@H]3O[C@H](CO[C@H]4O[C@H](CO[C@@H]5O[C@H](CO)[C@@H](O[C@@H]6O[C@H](CO)[C@H](O)[C@H](O)[C@H]6O)[C@H](O)[C@H]5NC(C)=O)[C@@H](O)[C@H](O)[C@@H]4O[C@@H]4O[C@H](CO)[C@@H](O[C@@H]5O[C@H](CO)[C@H](O)[C@H](O)[C@H]5O)[C@H](O)[C@H]4NC(C)=O)[C@@H](O)[C@H](O[C@H]4O[C@H](CO)[C@@H](O)[C@H](O)[C@@H]4O[C@@H]4O[C@H](CO)[C@@H](O[C@@H]5O[C@H](CO)[C@H](O)[C@H](O)[C@H]5NC(C)=O)[C@H](O)[C@H]4NC(C)=O)[C@@H]3O)[C@H](O)[C@H]2NC(C)=O)[C@@H](CO)O[C@H]1O. The van der Waals surface area contributed by atoms with E-state index in [-0.39, 0.29) is 0 Å². The van der Waals surface area contributed by atoms with Crippen molar-refractivity contribution in [1.29, 1.82) is 0 Å². The molecule has 0 spiro atoms. The van der Waals surface area contributed by atoms with Crippen molar-refractivity contribution in [3.05, 3.63) is 0 Å². The van der Waals surface area contributed by atoms with Crippen molar-refractivity contribution in [3.63, 3.8) is 0 Å². The molecule has 808 valence electrons. The highest BCUT2D eigenvalue weighted by Gasteiger charge is 2.63. The van der Waals surface area contributed by atoms with Gasteiger partial charge in [0.15, 0.2) is 69.2 Å². The minimum atomic E-state index is -2.71. The van der Waals surface area contributed by atoms with Crippen LogP contribution in [0.1, 0.15) is 41.5 Å². The molecule has 0 aliphatic carbocycles. The summed E-state index contributed by atoms with van der Waals surface area (Å²) in [6.45, 7) is -7.04. The first-order valence-electron chi connectivity index (χ1n) is 44.6. The lowest BCUT2D eigenvalue weighted by Crippen LogP contribution is -2.71. The van der Waals surface area contributed by atoms with Crippen molar-refractivity contribution in [2.75, 3.05) is 72.7 Å². The zero-order chi connectivity index (χ0) is 103. The Morgan fingerprint density at radius 2 is 0.400 bits per heavy atom. The second kappa shape index (κ2) is 50.7. The molecular weight excluding hydrogens is 1920 g/mol. The molecule has 6 amide bonds. The van der Waals surface area contributed by atoms with Gasteiger partial charge in [0, 0.05) is 41.5 Å². The van der Waals surface area contributed by atoms with E-state index in [9.17, 15) is 177 Å². The minimum Gasteiger partial charge on any atom is -0.394 e. The topological polar surface area (TPSA) is 955 Å². The third kappa shape index (κ3) is 25.8. The summed E-state index contributed by atoms with van der Waals surface area (Å²) >= 11 is 0. The summed E-state index contributed by atoms with van der Waals surface area (Å²) in [5.41, 5.74) is 0. The monoisotopic (exact) mass is 2050 g/mol. The van der Waals surface area contributed by atoms with Crippen molar-refractivity contribution in [3.8, 4) is 0 Å². The van der Waals surface area contributed by atoms with Crippen LogP contribution in [0.2, 0.25) is 0 Å². The quantitative estimate of drug-likeness (QED) is 0.0275. The van der Waals surface area contributed by atoms with Gasteiger partial charge in [-0.25, -0.2) is 0 Å². The van der Waals surface area contributed by atoms with Gasteiger partial charge in [-0.05, 0) is 0 Å². The van der Waals surface area contributed by atoms with E-state index in [4.69, 9.17) is 99.5 Å². The maximum atomic E-state index is 13.3. The molecule has 0 bridgehead atoms. The molecular formula is C78H130N6O56. The minimum absolute atomic E-state index is 0.829. The molecule has 0 radical (unpaired) electrons. The molecule has 0 aromatic heterocycles. The van der Waals surface area contributed by atoms with Crippen molar-refractivity contribution in [2.45, 2.75) is 379 Å². The maximum absolute atomic E-state index is 13.3. The fourth-order valence-corrected chi connectivity index (χ4v) is 18.1. The predicted octanol–water partition coefficient (Wildman–Crippen LogP) is -24.1. The van der Waals surface area contributed by atoms with Gasteiger partial charge < -0.3 is 279 Å². The Kier molecular flexibility index (Phi) is 41.7. The zero-order valence-electron chi connectivity index (χ0n) is 75.5. The Morgan fingerprint density at radius 3 is 0.750 bits per heavy atom. The highest BCUT2D eigenvalue weighted by molar-refractivity contribution is 5.75. The van der Waals surface area contributed by atoms with Gasteiger partial charge in [-0.1, -0.05) is 0 Å². The van der Waals surface area contributed by atoms with Gasteiger partial charge in [0.2, 0.25) is 35.4 Å². The summed E-state index contributed by atoms with van der Waals surface area (Å²) < 4.78 is 126. The average Bonchev–Trinajstić information content (AvgIpc) is 0.763. The first-order valence-corrected chi connectivity index (χ1v) is 44.6. The van der Waals surface area contributed by atoms with Crippen LogP contribution in [0.3, 0.4) is 0 Å². The summed E-state index contributed by atoms with van der Waals surface area (Å²) in [5.74, 6) is -5.65. The lowest BCUT2D eigenvalue weighted by molar-refractivity contribution is -0.398. The maximum Gasteiger partial charge on any atom is 0.217 e. The Bertz CT molecular complexity index is 3910. The van der Waals surface area contributed by atoms with E-state index in [2.05, 4.69) is 31.9 Å². The molecule has 0 aromatic rings. The van der Waals surface area contributed by atoms with Gasteiger partial charge in [-0.3, -0.25) is 28.8 Å². The molecule has 11 aliphatic heterocycles. The third-order valence-electron chi connectivity index (χ3n) is 25.4. The van der Waals surface area contributed by atoms with Crippen LogP contribution in [0.4, 0.5) is 0 Å². The molecule has 62 nitrogen and oxygen atoms in total. The number of hydrogen-bond donors (Lipinski definition) is 35. The van der Waals surface area contributed by atoms with E-state index in [1.165, 1.54) is 0 Å². The van der Waals surface area contributed by atoms with Gasteiger partial charge in [-0.15, -0.1) is 0 Å². The molecule has 0 aromatic carbocycles. The smallest absolute Gasteiger partial charge is 0.217 e. The van der Waals surface area contributed by atoms with Crippen LogP contribution in [0.25, 0.3) is 0 Å². The zero-order valence-corrected chi connectivity index (χ0v) is 75.5. The van der Waals surface area contributed by atoms with Crippen LogP contribution in [-0.2, 0) is 128 Å². The second-order valence-corrected chi connectivity index (χ2v) is 35.3. The third-order valence-corrected chi connectivity index (χ3v) is 25.4. The number of amides is 6. The molecule has 0 saturated carbocycles. The number of nitrogens with one attached hydrogen (secondary N) is 6. The Labute approximate surface area is 792 Å². The predicted molar refractivity (Wildman–Crippen MR) is 432 cm³/mol. The Hall–Kier alpha value is -5.18. The van der Waals surface area contributed by atoms with Gasteiger partial charge >= 0.3 is 0 Å². The van der Waals surface area contributed by atoms with Crippen LogP contribution < -0.4 is 31.9 Å². The van der Waals surface area contributed by atoms with Crippen molar-refractivity contribution in [1.82, 2.24) is 31.9 Å². The van der Waals surface area contributed by atoms with Crippen LogP contribution in [-0.4, -0.2) is 594 Å². The lowest BCUT2D eigenvalue weighted by Gasteiger charge is -2.51. The molecule has 11 rings (SSSR count). The van der Waals surface area contributed by atoms with E-state index in [1.807, 2.05) is 0 Å². The van der Waals surface area contributed by atoms with Crippen molar-refractivity contribution < 1.29 is 276 Å². The van der Waals surface area contributed by atoms with E-state index in [0.29, 0.717) is 0 Å². The molecule has 55 atom stereocenters. The van der Waals surface area contributed by atoms with Crippen LogP contribution >= 0.6 is 0 Å². The number of aliphatic hydroxyl groups excluding tert-OH is 29. The highest BCUT2D eigenvalue weighted by atomic mass is 16.8. The number of ether oxygens (including phenoxy) is 21. The second-order valence-electron chi connectivity index (χ2n) is 35.3. The van der Waals surface area contributed by atoms with Gasteiger partial charge in [0.05, 0.1) is 72.7 Å². The molecule has 11 aliphatic rings. The summed E-state index contributed by atoms with van der Waals surface area (Å²) in [7, 11) is 0. The molecule has 11 saturated heterocycles. The fraction of sp³-hybridized carbons (Fsp3) is 0.923. The van der Waals surface area contributed by atoms with E-state index < -0.39 is 446 Å². The summed E-state index contributed by atoms with van der Waals surface area (Å²) in [6, 6.07) is -11.4. The molecule has 0 unspecified atom stereocenters. The van der Waals surface area contributed by atoms with Gasteiger partial charge in [-0.2, -0.15) is 0 Å². The van der Waals surface area contributed by atoms with E-state index in [1.54, 1.807) is 0 Å². The molecule has 35 N–H and O–H groups in total. The average molecular weight is 2050 g/mol. The van der Waals surface area contributed by atoms with E-state index in [0.717, 1.165) is 41.5 Å². The lowest BCUT2D eigenvalue weighted by atomic mass is 9.93. The number of carbonyl (C=O) groups is 6. The molecule has 11 heterocycles. The standard InChI is InChI=1S/C78H130N6O56/c1-18(94)79-35-48(107)60(28(11-89)122-68(35)119)133-71-38(82-21(4)97)51(110)64(32(15-93)128-71)137-76-59(118)65(138-78-67(55(114)44(103)27(10-88)126-78)140-73-39(83-22(5)98)50(109)61(30(13-91)129-73)134-70-36(80-19(2)95)47(106)41(100)24(7-85)123-70)46(105)34(131-76)17-121-77-66(139-72-40(84-23(6)99)52(111)63(31(14-92)130-72)136-75-58(117)54(113)43(102)26(9-87)125-75)56(115)45(104)33(132-77)16-120-69-37(81-20(3)96)49(108)62(29(12-90)127-69)135-74-57(116)53(112)42(101)25(8-86)124-74/h24-78,85-93,100-119H,7-17H2,1-6H3,(H,79,94)(H,80,95)(H,81,96)(H,82,97)(H,83,98)(H,84,99)/t24-,25-,26-,27-,28-,29-,30-,31-,32-,33-,34-,35-,36-,37-,38-,39-,40-,41+,42+,43+,44-,45-,46-,47-,48-,49-,50-,51-,52-,53+,54+,55+,56+,57-,58-,59+,60-,61-,62-,63-,64-,65+,66+,67+,68-,69-,70+,71+,72+,73+,74+,75+,76+,77+,78-/m1/s1. The normalized spacial score (nSPS) is 48.1. The molecule has 11 fully saturated rings. The molecule has 62 heteroatoms. The first-order chi connectivity index (χ1) is 66.2. The van der Waals surface area contributed by atoms with Crippen molar-refractivity contribution in [2.24, 2.45) is 0 Å². The number of rotatable bonds is 37. The van der Waals surface area contributed by atoms with Crippen molar-refractivity contribution >= 4 is 35.4 Å². The van der Waals surface area contributed by atoms with Crippen LogP contribution in [0, 0.1) is 0 Å². The van der Waals surface area contributed by atoms with Crippen LogP contribution in [0.15, 0.2) is 0 Å².